The van der Waals surface area contributed by atoms with Crippen molar-refractivity contribution in [1.82, 2.24) is 15.5 Å². The molecule has 1 aliphatic rings. The van der Waals surface area contributed by atoms with Crippen LogP contribution in [0.3, 0.4) is 0 Å². The van der Waals surface area contributed by atoms with Gasteiger partial charge in [0.05, 0.1) is 12.6 Å². The van der Waals surface area contributed by atoms with Crippen molar-refractivity contribution < 1.29 is 14.3 Å². The molecule has 0 aliphatic carbocycles. The molecule has 0 saturated carbocycles. The highest BCUT2D eigenvalue weighted by molar-refractivity contribution is 5.74. The fourth-order valence-electron chi connectivity index (χ4n) is 2.70. The van der Waals surface area contributed by atoms with E-state index < -0.39 is 0 Å². The van der Waals surface area contributed by atoms with E-state index in [1.165, 1.54) is 12.1 Å². The van der Waals surface area contributed by atoms with E-state index in [0.29, 0.717) is 0 Å². The molecule has 0 bridgehead atoms. The van der Waals surface area contributed by atoms with Gasteiger partial charge in [0.25, 0.3) is 0 Å². The predicted molar refractivity (Wildman–Crippen MR) is 88.1 cm³/mol. The van der Waals surface area contributed by atoms with E-state index in [4.69, 9.17) is 5.11 Å². The number of benzene rings is 1. The van der Waals surface area contributed by atoms with Gasteiger partial charge in [-0.15, -0.1) is 0 Å². The third-order valence-corrected chi connectivity index (χ3v) is 4.05. The summed E-state index contributed by atoms with van der Waals surface area (Å²) in [5, 5.41) is 14.1. The number of carbonyl (C=O) groups excluding carboxylic acids is 1. The van der Waals surface area contributed by atoms with Crippen molar-refractivity contribution in [1.29, 1.82) is 0 Å². The number of nitrogens with one attached hydrogen (secondary N) is 2. The Morgan fingerprint density at radius 2 is 2.04 bits per heavy atom. The number of hydrogen-bond donors (Lipinski definition) is 3. The van der Waals surface area contributed by atoms with Crippen molar-refractivity contribution in [2.45, 2.75) is 13.0 Å². The molecule has 128 valence electrons. The third-order valence-electron chi connectivity index (χ3n) is 4.05. The Bertz CT molecular complexity index is 533. The molecule has 2 amide bonds. The maximum absolute atomic E-state index is 13.7. The number of urea groups is 1. The van der Waals surface area contributed by atoms with Crippen molar-refractivity contribution >= 4 is 11.7 Å². The minimum absolute atomic E-state index is 0.117. The number of likely N-dealkylation sites (N-methyl/N-ethyl adjacent to an activating group) is 1. The molecule has 0 spiro atoms. The molecule has 1 unspecified atom stereocenters. The van der Waals surface area contributed by atoms with Crippen LogP contribution in [0.25, 0.3) is 0 Å². The van der Waals surface area contributed by atoms with E-state index in [9.17, 15) is 9.18 Å². The summed E-state index contributed by atoms with van der Waals surface area (Å²) in [6.07, 6.45) is 0. The van der Waals surface area contributed by atoms with Gasteiger partial charge in [-0.25, -0.2) is 9.18 Å². The van der Waals surface area contributed by atoms with Gasteiger partial charge in [-0.2, -0.15) is 0 Å². The van der Waals surface area contributed by atoms with Crippen molar-refractivity contribution in [3.63, 3.8) is 0 Å². The number of nitrogens with zero attached hydrogens (tertiary/aromatic N) is 2. The van der Waals surface area contributed by atoms with E-state index in [1.807, 2.05) is 6.92 Å². The summed E-state index contributed by atoms with van der Waals surface area (Å²) in [6.45, 7) is 5.55. The molecule has 1 aromatic rings. The normalized spacial score (nSPS) is 17.0. The Kier molecular flexibility index (Phi) is 6.18. The van der Waals surface area contributed by atoms with Crippen LogP contribution in [-0.4, -0.2) is 62.4 Å². The smallest absolute Gasteiger partial charge is 0.315 e. The summed E-state index contributed by atoms with van der Waals surface area (Å²) in [6, 6.07) is 4.00. The second-order valence-electron chi connectivity index (χ2n) is 5.84. The van der Waals surface area contributed by atoms with Gasteiger partial charge in [-0.05, 0) is 32.2 Å². The first kappa shape index (κ1) is 17.5. The number of aliphatic hydroxyl groups is 1. The Morgan fingerprint density at radius 3 is 2.70 bits per heavy atom. The Hall–Kier alpha value is -1.86. The lowest BCUT2D eigenvalue weighted by molar-refractivity contribution is 0.231. The fourth-order valence-corrected chi connectivity index (χ4v) is 2.70. The molecule has 7 heteroatoms. The summed E-state index contributed by atoms with van der Waals surface area (Å²) < 4.78 is 13.7. The molecule has 1 aliphatic heterocycles. The van der Waals surface area contributed by atoms with Gasteiger partial charge in [0.2, 0.25) is 0 Å². The highest BCUT2D eigenvalue weighted by Gasteiger charge is 2.21. The molecule has 1 heterocycles. The first-order valence-electron chi connectivity index (χ1n) is 7.89. The number of amides is 2. The number of piperazine rings is 1. The monoisotopic (exact) mass is 324 g/mol. The standard InChI is InChI=1S/C16H25FN4O2/c1-12(19-16(23)18-5-10-22)14-11-13(17)3-4-15(14)21-8-6-20(2)7-9-21/h3-4,11-12,22H,5-10H2,1-2H3,(H2,18,19,23). The molecule has 2 rings (SSSR count). The van der Waals surface area contributed by atoms with Crippen LogP contribution in [-0.2, 0) is 0 Å². The van der Waals surface area contributed by atoms with Crippen molar-refractivity contribution in [2.75, 3.05) is 51.3 Å². The number of anilines is 1. The fraction of sp³-hybridized carbons (Fsp3) is 0.562. The summed E-state index contributed by atoms with van der Waals surface area (Å²) >= 11 is 0. The van der Waals surface area contributed by atoms with Gasteiger partial charge < -0.3 is 25.5 Å². The molecule has 23 heavy (non-hydrogen) atoms. The van der Waals surface area contributed by atoms with Crippen molar-refractivity contribution in [3.8, 4) is 0 Å². The lowest BCUT2D eigenvalue weighted by atomic mass is 10.0. The first-order chi connectivity index (χ1) is 11.0. The van der Waals surface area contributed by atoms with E-state index >= 15 is 0 Å². The topological polar surface area (TPSA) is 67.8 Å². The molecular weight excluding hydrogens is 299 g/mol. The van der Waals surface area contributed by atoms with Crippen molar-refractivity contribution in [3.05, 3.63) is 29.6 Å². The Morgan fingerprint density at radius 1 is 1.35 bits per heavy atom. The van der Waals surface area contributed by atoms with Gasteiger partial charge in [0.1, 0.15) is 5.82 Å². The minimum atomic E-state index is -0.375. The van der Waals surface area contributed by atoms with Crippen LogP contribution in [0.2, 0.25) is 0 Å². The van der Waals surface area contributed by atoms with Gasteiger partial charge >= 0.3 is 6.03 Å². The summed E-state index contributed by atoms with van der Waals surface area (Å²) in [5.41, 5.74) is 1.71. The van der Waals surface area contributed by atoms with E-state index in [1.54, 1.807) is 6.07 Å². The maximum Gasteiger partial charge on any atom is 0.315 e. The quantitative estimate of drug-likeness (QED) is 0.754. The lowest BCUT2D eigenvalue weighted by Gasteiger charge is -2.36. The zero-order valence-corrected chi connectivity index (χ0v) is 13.7. The van der Waals surface area contributed by atoms with Crippen LogP contribution in [0.5, 0.6) is 0 Å². The molecule has 0 radical (unpaired) electrons. The van der Waals surface area contributed by atoms with Crippen LogP contribution in [0, 0.1) is 5.82 Å². The maximum atomic E-state index is 13.7. The summed E-state index contributed by atoms with van der Waals surface area (Å²) in [5.74, 6) is -0.317. The first-order valence-corrected chi connectivity index (χ1v) is 7.89. The van der Waals surface area contributed by atoms with Crippen LogP contribution < -0.4 is 15.5 Å². The zero-order valence-electron chi connectivity index (χ0n) is 13.7. The third kappa shape index (κ3) is 4.80. The summed E-state index contributed by atoms with van der Waals surface area (Å²) in [7, 11) is 2.08. The lowest BCUT2D eigenvalue weighted by Crippen LogP contribution is -2.45. The Balaban J connectivity index is 2.13. The number of carbonyl (C=O) groups is 1. The van der Waals surface area contributed by atoms with Crippen LogP contribution in [0.15, 0.2) is 18.2 Å². The van der Waals surface area contributed by atoms with Crippen LogP contribution in [0.1, 0.15) is 18.5 Å². The second kappa shape index (κ2) is 8.12. The molecular formula is C16H25FN4O2. The molecule has 6 nitrogen and oxygen atoms in total. The predicted octanol–water partition coefficient (Wildman–Crippen LogP) is 0.930. The van der Waals surface area contributed by atoms with Crippen molar-refractivity contribution in [2.24, 2.45) is 0 Å². The SMILES string of the molecule is CC(NC(=O)NCCO)c1cc(F)ccc1N1CCN(C)CC1. The van der Waals surface area contributed by atoms with Crippen LogP contribution >= 0.6 is 0 Å². The number of rotatable bonds is 5. The van der Waals surface area contributed by atoms with Crippen LogP contribution in [0.4, 0.5) is 14.9 Å². The zero-order chi connectivity index (χ0) is 16.8. The van der Waals surface area contributed by atoms with Gasteiger partial charge in [-0.3, -0.25) is 0 Å². The Labute approximate surface area is 136 Å². The molecule has 3 N–H and O–H groups in total. The average molecular weight is 324 g/mol. The van der Waals surface area contributed by atoms with Gasteiger partial charge in [0.15, 0.2) is 0 Å². The van der Waals surface area contributed by atoms with Gasteiger partial charge in [-0.1, -0.05) is 0 Å². The number of halogens is 1. The van der Waals surface area contributed by atoms with E-state index in [-0.39, 0.29) is 31.0 Å². The highest BCUT2D eigenvalue weighted by Crippen LogP contribution is 2.28. The minimum Gasteiger partial charge on any atom is -0.395 e. The van der Waals surface area contributed by atoms with E-state index in [0.717, 1.165) is 37.4 Å². The second-order valence-corrected chi connectivity index (χ2v) is 5.84. The highest BCUT2D eigenvalue weighted by atomic mass is 19.1. The largest absolute Gasteiger partial charge is 0.395 e. The molecule has 0 aromatic heterocycles. The molecule has 1 saturated heterocycles. The van der Waals surface area contributed by atoms with Gasteiger partial charge in [0, 0.05) is 44.0 Å². The molecule has 1 aromatic carbocycles. The molecule has 1 atom stereocenters. The average Bonchev–Trinajstić information content (AvgIpc) is 2.53. The number of aliphatic hydroxyl groups excluding tert-OH is 1. The molecule has 1 fully saturated rings. The van der Waals surface area contributed by atoms with E-state index in [2.05, 4.69) is 27.5 Å². The summed E-state index contributed by atoms with van der Waals surface area (Å²) in [4.78, 5) is 16.2. The number of hydrogen-bond acceptors (Lipinski definition) is 4.